The SMILES string of the molecule is CCC(NCCCc1ccc(Cl)c(Cl)c1)C1CC(N2CC=C(C(N)=O)C2)C(=O)O1. The second-order valence-electron chi connectivity index (χ2n) is 7.57. The number of esters is 1. The predicted molar refractivity (Wildman–Crippen MR) is 114 cm³/mol. The largest absolute Gasteiger partial charge is 0.459 e. The first kappa shape index (κ1) is 22.1. The number of nitrogens with one attached hydrogen (secondary N) is 1. The zero-order valence-electron chi connectivity index (χ0n) is 16.5. The molecule has 2 aliphatic heterocycles. The Balaban J connectivity index is 1.46. The van der Waals surface area contributed by atoms with Crippen LogP contribution in [0.5, 0.6) is 0 Å². The van der Waals surface area contributed by atoms with Crippen molar-refractivity contribution in [3.8, 4) is 0 Å². The van der Waals surface area contributed by atoms with Gasteiger partial charge in [0, 0.05) is 31.1 Å². The van der Waals surface area contributed by atoms with Gasteiger partial charge in [-0.25, -0.2) is 0 Å². The number of benzene rings is 1. The summed E-state index contributed by atoms with van der Waals surface area (Å²) in [4.78, 5) is 25.7. The number of carbonyl (C=O) groups is 2. The Kier molecular flexibility index (Phi) is 7.57. The van der Waals surface area contributed by atoms with Crippen molar-refractivity contribution in [1.82, 2.24) is 10.2 Å². The number of amides is 1. The van der Waals surface area contributed by atoms with Crippen molar-refractivity contribution < 1.29 is 14.3 Å². The van der Waals surface area contributed by atoms with Gasteiger partial charge in [0.25, 0.3) is 0 Å². The highest BCUT2D eigenvalue weighted by molar-refractivity contribution is 6.42. The van der Waals surface area contributed by atoms with Crippen molar-refractivity contribution in [1.29, 1.82) is 0 Å². The third kappa shape index (κ3) is 5.51. The fourth-order valence-corrected chi connectivity index (χ4v) is 4.26. The first-order chi connectivity index (χ1) is 13.9. The zero-order valence-corrected chi connectivity index (χ0v) is 18.0. The summed E-state index contributed by atoms with van der Waals surface area (Å²) in [5, 5.41) is 4.66. The van der Waals surface area contributed by atoms with E-state index in [-0.39, 0.29) is 24.2 Å². The molecule has 0 aromatic heterocycles. The fourth-order valence-electron chi connectivity index (χ4n) is 3.94. The zero-order chi connectivity index (χ0) is 21.0. The van der Waals surface area contributed by atoms with E-state index in [9.17, 15) is 9.59 Å². The molecule has 1 aromatic rings. The molecule has 1 aromatic carbocycles. The summed E-state index contributed by atoms with van der Waals surface area (Å²) >= 11 is 12.0. The summed E-state index contributed by atoms with van der Waals surface area (Å²) in [6, 6.07) is 5.48. The molecule has 1 saturated heterocycles. The van der Waals surface area contributed by atoms with Gasteiger partial charge in [-0.3, -0.25) is 14.5 Å². The van der Waals surface area contributed by atoms with Crippen LogP contribution in [0, 0.1) is 0 Å². The number of hydrogen-bond acceptors (Lipinski definition) is 5. The lowest BCUT2D eigenvalue weighted by atomic mass is 10.0. The second kappa shape index (κ2) is 9.94. The molecule has 0 bridgehead atoms. The monoisotopic (exact) mass is 439 g/mol. The molecule has 158 valence electrons. The molecule has 2 aliphatic rings. The van der Waals surface area contributed by atoms with Crippen LogP contribution in [0.3, 0.4) is 0 Å². The molecule has 3 unspecified atom stereocenters. The molecule has 3 N–H and O–H groups in total. The standard InChI is InChI=1S/C21H27Cl2N3O3/c1-2-17(25-8-3-4-13-5-6-15(22)16(23)10-13)19-11-18(21(28)29-19)26-9-7-14(12-26)20(24)27/h5-7,10,17-19,25H,2-4,8-9,11-12H2,1H3,(H2,24,27). The number of carbonyl (C=O) groups excluding carboxylic acids is 2. The summed E-state index contributed by atoms with van der Waals surface area (Å²) in [5.41, 5.74) is 7.05. The van der Waals surface area contributed by atoms with E-state index in [1.807, 2.05) is 23.1 Å². The Bertz CT molecular complexity index is 799. The molecule has 1 amide bonds. The van der Waals surface area contributed by atoms with Crippen molar-refractivity contribution in [3.63, 3.8) is 0 Å². The summed E-state index contributed by atoms with van der Waals surface area (Å²) in [6.45, 7) is 3.86. The van der Waals surface area contributed by atoms with Crippen LogP contribution >= 0.6 is 23.2 Å². The number of nitrogens with two attached hydrogens (primary N) is 1. The maximum atomic E-state index is 12.4. The number of primary amides is 1. The smallest absolute Gasteiger partial charge is 0.323 e. The number of rotatable bonds is 9. The third-order valence-corrected chi connectivity index (χ3v) is 6.36. The molecule has 0 saturated carbocycles. The molecule has 2 heterocycles. The fraction of sp³-hybridized carbons (Fsp3) is 0.524. The number of ether oxygens (including phenoxy) is 1. The van der Waals surface area contributed by atoms with Crippen molar-refractivity contribution in [3.05, 3.63) is 45.5 Å². The maximum absolute atomic E-state index is 12.4. The number of aryl methyl sites for hydroxylation is 1. The van der Waals surface area contributed by atoms with Crippen molar-refractivity contribution >= 4 is 35.1 Å². The molecule has 6 nitrogen and oxygen atoms in total. The minimum Gasteiger partial charge on any atom is -0.459 e. The van der Waals surface area contributed by atoms with Gasteiger partial charge in [0.2, 0.25) is 5.91 Å². The molecular weight excluding hydrogens is 413 g/mol. The molecule has 0 radical (unpaired) electrons. The van der Waals surface area contributed by atoms with Crippen LogP contribution < -0.4 is 11.1 Å². The second-order valence-corrected chi connectivity index (χ2v) is 8.39. The van der Waals surface area contributed by atoms with Gasteiger partial charge in [0.05, 0.1) is 10.0 Å². The first-order valence-corrected chi connectivity index (χ1v) is 10.7. The van der Waals surface area contributed by atoms with Crippen LogP contribution in [0.2, 0.25) is 10.0 Å². The highest BCUT2D eigenvalue weighted by atomic mass is 35.5. The quantitative estimate of drug-likeness (QED) is 0.456. The first-order valence-electron chi connectivity index (χ1n) is 9.99. The van der Waals surface area contributed by atoms with Gasteiger partial charge in [0.1, 0.15) is 12.1 Å². The summed E-state index contributed by atoms with van der Waals surface area (Å²) in [5.74, 6) is -0.643. The highest BCUT2D eigenvalue weighted by Crippen LogP contribution is 2.27. The number of halogens is 2. The topological polar surface area (TPSA) is 84.7 Å². The molecule has 0 spiro atoms. The predicted octanol–water partition coefficient (Wildman–Crippen LogP) is 2.71. The molecule has 0 aliphatic carbocycles. The van der Waals surface area contributed by atoms with E-state index in [2.05, 4.69) is 12.2 Å². The van der Waals surface area contributed by atoms with Crippen LogP contribution in [-0.2, 0) is 20.7 Å². The minimum atomic E-state index is -0.425. The number of nitrogens with zero attached hydrogens (tertiary/aromatic N) is 1. The summed E-state index contributed by atoms with van der Waals surface area (Å²) in [6.07, 6.45) is 4.94. The molecule has 3 atom stereocenters. The highest BCUT2D eigenvalue weighted by Gasteiger charge is 2.42. The molecule has 8 heteroatoms. The Hall–Kier alpha value is -1.60. The number of cyclic esters (lactones) is 1. The van der Waals surface area contributed by atoms with Gasteiger partial charge in [-0.15, -0.1) is 0 Å². The van der Waals surface area contributed by atoms with Crippen LogP contribution in [-0.4, -0.2) is 54.6 Å². The Morgan fingerprint density at radius 3 is 2.83 bits per heavy atom. The van der Waals surface area contributed by atoms with Gasteiger partial charge in [-0.05, 0) is 43.5 Å². The van der Waals surface area contributed by atoms with Gasteiger partial charge >= 0.3 is 5.97 Å². The molecule has 3 rings (SSSR count). The van der Waals surface area contributed by atoms with Crippen molar-refractivity contribution in [2.24, 2.45) is 5.73 Å². The Labute approximate surface area is 181 Å². The van der Waals surface area contributed by atoms with Crippen LogP contribution in [0.1, 0.15) is 31.7 Å². The van der Waals surface area contributed by atoms with Gasteiger partial charge in [-0.1, -0.05) is 42.3 Å². The van der Waals surface area contributed by atoms with Crippen molar-refractivity contribution in [2.45, 2.75) is 50.8 Å². The van der Waals surface area contributed by atoms with E-state index in [4.69, 9.17) is 33.7 Å². The van der Waals surface area contributed by atoms with Crippen molar-refractivity contribution in [2.75, 3.05) is 19.6 Å². The molecule has 1 fully saturated rings. The van der Waals surface area contributed by atoms with E-state index in [0.717, 1.165) is 31.4 Å². The maximum Gasteiger partial charge on any atom is 0.323 e. The van der Waals surface area contributed by atoms with Crippen LogP contribution in [0.15, 0.2) is 29.8 Å². The summed E-state index contributed by atoms with van der Waals surface area (Å²) < 4.78 is 5.66. The lowest BCUT2D eigenvalue weighted by Gasteiger charge is -2.23. The Morgan fingerprint density at radius 1 is 1.38 bits per heavy atom. The molecule has 29 heavy (non-hydrogen) atoms. The average molecular weight is 440 g/mol. The van der Waals surface area contributed by atoms with Gasteiger partial charge < -0.3 is 15.8 Å². The van der Waals surface area contributed by atoms with Crippen LogP contribution in [0.4, 0.5) is 0 Å². The van der Waals surface area contributed by atoms with E-state index < -0.39 is 5.91 Å². The minimum absolute atomic E-state index is 0.101. The lowest BCUT2D eigenvalue weighted by molar-refractivity contribution is -0.145. The van der Waals surface area contributed by atoms with Gasteiger partial charge in [0.15, 0.2) is 0 Å². The molecular formula is C21H27Cl2N3O3. The number of hydrogen-bond donors (Lipinski definition) is 2. The van der Waals surface area contributed by atoms with E-state index in [1.165, 1.54) is 0 Å². The lowest BCUT2D eigenvalue weighted by Crippen LogP contribution is -2.41. The van der Waals surface area contributed by atoms with Gasteiger partial charge in [-0.2, -0.15) is 0 Å². The van der Waals surface area contributed by atoms with E-state index in [0.29, 0.717) is 35.1 Å². The van der Waals surface area contributed by atoms with E-state index in [1.54, 1.807) is 6.08 Å². The van der Waals surface area contributed by atoms with E-state index >= 15 is 0 Å². The Morgan fingerprint density at radius 2 is 2.17 bits per heavy atom. The van der Waals surface area contributed by atoms with Crippen LogP contribution in [0.25, 0.3) is 0 Å². The average Bonchev–Trinajstić information content (AvgIpc) is 3.31. The normalized spacial score (nSPS) is 23.1. The summed E-state index contributed by atoms with van der Waals surface area (Å²) in [7, 11) is 0. The third-order valence-electron chi connectivity index (χ3n) is 5.62.